The van der Waals surface area contributed by atoms with Gasteiger partial charge in [-0.3, -0.25) is 4.98 Å². The number of allylic oxidation sites excluding steroid dienone is 1. The molecule has 6 nitrogen and oxygen atoms in total. The van der Waals surface area contributed by atoms with E-state index in [1.807, 2.05) is 45.0 Å². The number of amides is 2. The van der Waals surface area contributed by atoms with Crippen LogP contribution < -0.4 is 16.4 Å². The van der Waals surface area contributed by atoms with Crippen molar-refractivity contribution in [2.45, 2.75) is 26.3 Å². The Kier molecular flexibility index (Phi) is 4.42. The number of benzene rings is 2. The Morgan fingerprint density at radius 3 is 2.69 bits per heavy atom. The van der Waals surface area contributed by atoms with Crippen molar-refractivity contribution in [3.05, 3.63) is 70.7 Å². The number of rotatable bonds is 4. The van der Waals surface area contributed by atoms with Crippen LogP contribution in [0, 0.1) is 0 Å². The van der Waals surface area contributed by atoms with Crippen molar-refractivity contribution in [2.24, 2.45) is 0 Å². The van der Waals surface area contributed by atoms with Crippen molar-refractivity contribution in [3.8, 4) is 0 Å². The van der Waals surface area contributed by atoms with Gasteiger partial charge >= 0.3 is 11.8 Å². The molecule has 3 rings (SSSR count). The normalized spacial score (nSPS) is 11.3. The number of hydrogen-bond acceptors (Lipinski definition) is 3. The van der Waals surface area contributed by atoms with Crippen LogP contribution in [-0.2, 0) is 5.54 Å². The number of nitrogens with one attached hydrogen (secondary N) is 3. The van der Waals surface area contributed by atoms with Crippen molar-refractivity contribution >= 4 is 28.4 Å². The molecule has 1 aromatic heterocycles. The first-order valence-corrected chi connectivity index (χ1v) is 8.23. The Hall–Kier alpha value is -3.28. The summed E-state index contributed by atoms with van der Waals surface area (Å²) in [6.45, 7) is 9.77. The first kappa shape index (κ1) is 17.5. The van der Waals surface area contributed by atoms with E-state index in [9.17, 15) is 9.59 Å². The molecule has 26 heavy (non-hydrogen) atoms. The van der Waals surface area contributed by atoms with Gasteiger partial charge in [0.25, 0.3) is 0 Å². The summed E-state index contributed by atoms with van der Waals surface area (Å²) in [5.74, 6) is -0.528. The van der Waals surface area contributed by atoms with Crippen LogP contribution in [0.25, 0.3) is 16.7 Å². The fourth-order valence-electron chi connectivity index (χ4n) is 2.72. The Morgan fingerprint density at radius 2 is 1.96 bits per heavy atom. The second-order valence-corrected chi connectivity index (χ2v) is 6.79. The van der Waals surface area contributed by atoms with Gasteiger partial charge in [-0.05, 0) is 56.2 Å². The van der Waals surface area contributed by atoms with Crippen LogP contribution >= 0.6 is 0 Å². The summed E-state index contributed by atoms with van der Waals surface area (Å²) >= 11 is 0. The highest BCUT2D eigenvalue weighted by atomic mass is 16.4. The van der Waals surface area contributed by atoms with Gasteiger partial charge in [-0.1, -0.05) is 30.4 Å². The number of aromatic nitrogens is 1. The third-order valence-electron chi connectivity index (χ3n) is 4.18. The van der Waals surface area contributed by atoms with E-state index < -0.39 is 11.3 Å². The fraction of sp³-hybridized carbons (Fsp3) is 0.200. The van der Waals surface area contributed by atoms with E-state index in [4.69, 9.17) is 4.42 Å². The summed E-state index contributed by atoms with van der Waals surface area (Å²) < 4.78 is 4.95. The molecule has 0 bridgehead atoms. The van der Waals surface area contributed by atoms with E-state index in [1.54, 1.807) is 18.2 Å². The Bertz CT molecular complexity index is 1040. The van der Waals surface area contributed by atoms with E-state index in [2.05, 4.69) is 22.2 Å². The molecule has 3 aromatic rings. The van der Waals surface area contributed by atoms with Crippen LogP contribution in [0.1, 0.15) is 31.9 Å². The molecule has 0 radical (unpaired) electrons. The summed E-state index contributed by atoms with van der Waals surface area (Å²) in [5.41, 5.74) is 3.92. The van der Waals surface area contributed by atoms with E-state index in [0.717, 1.165) is 16.7 Å². The maximum Gasteiger partial charge on any atom is 0.417 e. The van der Waals surface area contributed by atoms with Crippen molar-refractivity contribution in [1.29, 1.82) is 0 Å². The minimum Gasteiger partial charge on any atom is -0.408 e. The molecule has 0 aliphatic rings. The fourth-order valence-corrected chi connectivity index (χ4v) is 2.72. The first-order valence-electron chi connectivity index (χ1n) is 8.23. The third kappa shape index (κ3) is 3.69. The summed E-state index contributed by atoms with van der Waals surface area (Å²) in [6, 6.07) is 12.5. The minimum absolute atomic E-state index is 0.346. The molecule has 6 heteroatoms. The summed E-state index contributed by atoms with van der Waals surface area (Å²) in [6.07, 6.45) is 0. The van der Waals surface area contributed by atoms with Crippen molar-refractivity contribution in [1.82, 2.24) is 10.3 Å². The molecule has 0 aliphatic heterocycles. The smallest absolute Gasteiger partial charge is 0.408 e. The molecule has 0 fully saturated rings. The number of hydrogen-bond donors (Lipinski definition) is 3. The molecule has 0 saturated carbocycles. The number of anilines is 1. The van der Waals surface area contributed by atoms with E-state index in [-0.39, 0.29) is 6.03 Å². The Morgan fingerprint density at radius 1 is 1.19 bits per heavy atom. The number of carbonyl (C=O) groups excluding carboxylic acids is 1. The van der Waals surface area contributed by atoms with Gasteiger partial charge < -0.3 is 15.1 Å². The molecule has 134 valence electrons. The predicted molar refractivity (Wildman–Crippen MR) is 103 cm³/mol. The van der Waals surface area contributed by atoms with Gasteiger partial charge in [0.1, 0.15) is 0 Å². The topological polar surface area (TPSA) is 87.1 Å². The van der Waals surface area contributed by atoms with Gasteiger partial charge in [-0.25, -0.2) is 9.59 Å². The van der Waals surface area contributed by atoms with Gasteiger partial charge in [-0.15, -0.1) is 0 Å². The van der Waals surface area contributed by atoms with Crippen LogP contribution in [-0.4, -0.2) is 11.0 Å². The average Bonchev–Trinajstić information content (AvgIpc) is 2.93. The van der Waals surface area contributed by atoms with Gasteiger partial charge in [-0.2, -0.15) is 0 Å². The number of fused-ring (bicyclic) bond motifs is 1. The molecule has 2 aromatic carbocycles. The lowest BCUT2D eigenvalue weighted by atomic mass is 9.92. The first-order chi connectivity index (χ1) is 12.2. The number of H-pyrrole nitrogens is 1. The molecule has 0 unspecified atom stereocenters. The third-order valence-corrected chi connectivity index (χ3v) is 4.18. The standard InChI is InChI=1S/C20H21N3O3/c1-12(2)13-6-5-7-14(10-13)20(3,4)23-18(24)21-15-8-9-17-16(11-15)22-19(25)26-17/h5-11H,1H2,2-4H3,(H,22,25)(H2,21,23,24). The summed E-state index contributed by atoms with van der Waals surface area (Å²) in [7, 11) is 0. The second kappa shape index (κ2) is 6.55. The molecule has 0 saturated heterocycles. The number of urea groups is 1. The maximum absolute atomic E-state index is 12.4. The average molecular weight is 351 g/mol. The molecule has 0 atom stereocenters. The molecule has 2 amide bonds. The van der Waals surface area contributed by atoms with E-state index >= 15 is 0 Å². The lowest BCUT2D eigenvalue weighted by Crippen LogP contribution is -2.43. The van der Waals surface area contributed by atoms with Crippen LogP contribution in [0.15, 0.2) is 58.3 Å². The molecular formula is C20H21N3O3. The van der Waals surface area contributed by atoms with Gasteiger partial charge in [0.15, 0.2) is 5.58 Å². The quantitative estimate of drug-likeness (QED) is 0.658. The van der Waals surface area contributed by atoms with E-state index in [1.165, 1.54) is 0 Å². The van der Waals surface area contributed by atoms with Crippen molar-refractivity contribution in [3.63, 3.8) is 0 Å². The largest absolute Gasteiger partial charge is 0.417 e. The van der Waals surface area contributed by atoms with Crippen LogP contribution in [0.2, 0.25) is 0 Å². The molecule has 0 spiro atoms. The van der Waals surface area contributed by atoms with Crippen molar-refractivity contribution in [2.75, 3.05) is 5.32 Å². The van der Waals surface area contributed by atoms with Gasteiger partial charge in [0.2, 0.25) is 0 Å². The molecule has 0 aliphatic carbocycles. The number of aromatic amines is 1. The molecular weight excluding hydrogens is 330 g/mol. The van der Waals surface area contributed by atoms with Crippen molar-refractivity contribution < 1.29 is 9.21 Å². The van der Waals surface area contributed by atoms with Gasteiger partial charge in [0.05, 0.1) is 11.1 Å². The number of carbonyl (C=O) groups is 1. The highest BCUT2D eigenvalue weighted by Crippen LogP contribution is 2.24. The lowest BCUT2D eigenvalue weighted by molar-refractivity contribution is 0.242. The Balaban J connectivity index is 1.76. The number of oxazole rings is 1. The zero-order chi connectivity index (χ0) is 18.9. The van der Waals surface area contributed by atoms with Crippen LogP contribution in [0.4, 0.5) is 10.5 Å². The lowest BCUT2D eigenvalue weighted by Gasteiger charge is -2.27. The van der Waals surface area contributed by atoms with E-state index in [0.29, 0.717) is 16.8 Å². The second-order valence-electron chi connectivity index (χ2n) is 6.79. The van der Waals surface area contributed by atoms with Crippen LogP contribution in [0.3, 0.4) is 0 Å². The zero-order valence-electron chi connectivity index (χ0n) is 15.0. The zero-order valence-corrected chi connectivity index (χ0v) is 15.0. The summed E-state index contributed by atoms with van der Waals surface area (Å²) in [4.78, 5) is 26.2. The Labute approximate surface area is 150 Å². The maximum atomic E-state index is 12.4. The van der Waals surface area contributed by atoms with Crippen LogP contribution in [0.5, 0.6) is 0 Å². The predicted octanol–water partition coefficient (Wildman–Crippen LogP) is 4.21. The monoisotopic (exact) mass is 351 g/mol. The molecule has 3 N–H and O–H groups in total. The SMILES string of the molecule is C=C(C)c1cccc(C(C)(C)NC(=O)Nc2ccc3oc(=O)[nH]c3c2)c1. The van der Waals surface area contributed by atoms with Gasteiger partial charge in [0, 0.05) is 5.69 Å². The highest BCUT2D eigenvalue weighted by molar-refractivity contribution is 5.92. The minimum atomic E-state index is -0.580. The highest BCUT2D eigenvalue weighted by Gasteiger charge is 2.23. The molecule has 1 heterocycles. The summed E-state index contributed by atoms with van der Waals surface area (Å²) in [5, 5.41) is 5.74.